The second-order valence-electron chi connectivity index (χ2n) is 3.40. The van der Waals surface area contributed by atoms with Gasteiger partial charge in [0.1, 0.15) is 11.3 Å². The monoisotopic (exact) mass is 228 g/mol. The molecule has 0 N–H and O–H groups in total. The lowest BCUT2D eigenvalue weighted by atomic mass is 10.3. The molecule has 0 bridgehead atoms. The zero-order chi connectivity index (χ0) is 11.0. The normalized spacial score (nSPS) is 10.8. The SMILES string of the molecule is O=Cc1ccc(-n2cnc3ccccc32)s1. The molecule has 0 radical (unpaired) electrons. The topological polar surface area (TPSA) is 34.9 Å². The number of nitrogens with zero attached hydrogens (tertiary/aromatic N) is 2. The van der Waals surface area contributed by atoms with Gasteiger partial charge in [0.05, 0.1) is 15.9 Å². The van der Waals surface area contributed by atoms with Gasteiger partial charge >= 0.3 is 0 Å². The average Bonchev–Trinajstić information content (AvgIpc) is 2.94. The van der Waals surface area contributed by atoms with Crippen molar-refractivity contribution < 1.29 is 4.79 Å². The number of hydrogen-bond donors (Lipinski definition) is 0. The number of hydrogen-bond acceptors (Lipinski definition) is 3. The van der Waals surface area contributed by atoms with Gasteiger partial charge in [-0.15, -0.1) is 11.3 Å². The van der Waals surface area contributed by atoms with Crippen molar-refractivity contribution in [1.29, 1.82) is 0 Å². The molecule has 0 aliphatic rings. The van der Waals surface area contributed by atoms with Crippen LogP contribution in [0.4, 0.5) is 0 Å². The van der Waals surface area contributed by atoms with Gasteiger partial charge in [0.2, 0.25) is 0 Å². The van der Waals surface area contributed by atoms with Gasteiger partial charge in [-0.05, 0) is 24.3 Å². The molecule has 3 aromatic rings. The number of benzene rings is 1. The van der Waals surface area contributed by atoms with E-state index in [0.717, 1.165) is 27.2 Å². The van der Waals surface area contributed by atoms with Crippen LogP contribution in [0.5, 0.6) is 0 Å². The molecule has 1 aromatic carbocycles. The lowest BCUT2D eigenvalue weighted by Crippen LogP contribution is -1.86. The minimum absolute atomic E-state index is 0.729. The lowest BCUT2D eigenvalue weighted by molar-refractivity contribution is 0.112. The largest absolute Gasteiger partial charge is 0.297 e. The third-order valence-electron chi connectivity index (χ3n) is 2.42. The van der Waals surface area contributed by atoms with Crippen LogP contribution in [0, 0.1) is 0 Å². The third-order valence-corrected chi connectivity index (χ3v) is 3.43. The highest BCUT2D eigenvalue weighted by Gasteiger charge is 2.05. The second-order valence-corrected chi connectivity index (χ2v) is 4.49. The molecule has 0 amide bonds. The van der Waals surface area contributed by atoms with Crippen LogP contribution in [0.25, 0.3) is 16.0 Å². The van der Waals surface area contributed by atoms with Crippen molar-refractivity contribution in [2.45, 2.75) is 0 Å². The highest BCUT2D eigenvalue weighted by atomic mass is 32.1. The molecule has 0 saturated heterocycles. The number of imidazole rings is 1. The Labute approximate surface area is 96.0 Å². The highest BCUT2D eigenvalue weighted by molar-refractivity contribution is 7.16. The van der Waals surface area contributed by atoms with Gasteiger partial charge in [-0.3, -0.25) is 9.36 Å². The van der Waals surface area contributed by atoms with Gasteiger partial charge in [-0.25, -0.2) is 4.98 Å². The standard InChI is InChI=1S/C12H8N2OS/c15-7-9-5-6-12(16-9)14-8-13-10-3-1-2-4-11(10)14/h1-8H. The van der Waals surface area contributed by atoms with E-state index in [1.165, 1.54) is 11.3 Å². The van der Waals surface area contributed by atoms with Crippen molar-refractivity contribution >= 4 is 28.7 Å². The molecule has 78 valence electrons. The summed E-state index contributed by atoms with van der Waals surface area (Å²) in [5, 5.41) is 1.01. The van der Waals surface area contributed by atoms with E-state index in [-0.39, 0.29) is 0 Å². The van der Waals surface area contributed by atoms with Crippen LogP contribution in [-0.2, 0) is 0 Å². The number of thiophene rings is 1. The van der Waals surface area contributed by atoms with Crippen molar-refractivity contribution in [3.63, 3.8) is 0 Å². The molecule has 16 heavy (non-hydrogen) atoms. The first-order valence-corrected chi connectivity index (χ1v) is 5.67. The molecule has 4 heteroatoms. The fourth-order valence-electron chi connectivity index (χ4n) is 1.67. The number of aromatic nitrogens is 2. The Morgan fingerprint density at radius 3 is 2.88 bits per heavy atom. The Morgan fingerprint density at radius 1 is 1.19 bits per heavy atom. The molecule has 0 atom stereocenters. The van der Waals surface area contributed by atoms with E-state index in [9.17, 15) is 4.79 Å². The van der Waals surface area contributed by atoms with E-state index in [1.54, 1.807) is 6.33 Å². The second kappa shape index (κ2) is 3.57. The summed E-state index contributed by atoms with van der Waals surface area (Å²) in [5.41, 5.74) is 2.02. The van der Waals surface area contributed by atoms with Crippen molar-refractivity contribution in [2.24, 2.45) is 0 Å². The summed E-state index contributed by atoms with van der Waals surface area (Å²) < 4.78 is 1.99. The molecule has 2 heterocycles. The summed E-state index contributed by atoms with van der Waals surface area (Å²) >= 11 is 1.46. The molecular weight excluding hydrogens is 220 g/mol. The molecule has 0 aliphatic carbocycles. The first-order chi connectivity index (χ1) is 7.88. The van der Waals surface area contributed by atoms with Gasteiger partial charge in [-0.1, -0.05) is 12.1 Å². The maximum Gasteiger partial charge on any atom is 0.160 e. The Balaban J connectivity index is 2.21. The molecule has 0 fully saturated rings. The van der Waals surface area contributed by atoms with Gasteiger partial charge in [-0.2, -0.15) is 0 Å². The van der Waals surface area contributed by atoms with Gasteiger partial charge in [0.15, 0.2) is 6.29 Å². The summed E-state index contributed by atoms with van der Waals surface area (Å²) in [6, 6.07) is 11.7. The smallest absolute Gasteiger partial charge is 0.160 e. The van der Waals surface area contributed by atoms with Crippen LogP contribution in [0.2, 0.25) is 0 Å². The number of aldehydes is 1. The summed E-state index contributed by atoms with van der Waals surface area (Å²) in [6.45, 7) is 0. The van der Waals surface area contributed by atoms with Crippen LogP contribution in [0.1, 0.15) is 9.67 Å². The van der Waals surface area contributed by atoms with Crippen LogP contribution < -0.4 is 0 Å². The van der Waals surface area contributed by atoms with Crippen LogP contribution in [0.3, 0.4) is 0 Å². The summed E-state index contributed by atoms with van der Waals surface area (Å²) in [5.74, 6) is 0. The van der Waals surface area contributed by atoms with Gasteiger partial charge in [0, 0.05) is 0 Å². The summed E-state index contributed by atoms with van der Waals surface area (Å²) in [6.07, 6.45) is 2.65. The van der Waals surface area contributed by atoms with E-state index in [2.05, 4.69) is 4.98 Å². The van der Waals surface area contributed by atoms with E-state index in [0.29, 0.717) is 0 Å². The fraction of sp³-hybridized carbons (Fsp3) is 0. The van der Waals surface area contributed by atoms with Gasteiger partial charge < -0.3 is 0 Å². The maximum atomic E-state index is 10.6. The molecule has 3 nitrogen and oxygen atoms in total. The predicted molar refractivity (Wildman–Crippen MR) is 64.3 cm³/mol. The summed E-state index contributed by atoms with van der Waals surface area (Å²) in [7, 11) is 0. The molecule has 0 saturated carbocycles. The molecule has 3 rings (SSSR count). The Kier molecular flexibility index (Phi) is 2.08. The number of para-hydroxylation sites is 2. The van der Waals surface area contributed by atoms with E-state index >= 15 is 0 Å². The maximum absolute atomic E-state index is 10.6. The average molecular weight is 228 g/mol. The van der Waals surface area contributed by atoms with Gasteiger partial charge in [0.25, 0.3) is 0 Å². The number of carbonyl (C=O) groups is 1. The summed E-state index contributed by atoms with van der Waals surface area (Å²) in [4.78, 5) is 15.7. The Morgan fingerprint density at radius 2 is 2.06 bits per heavy atom. The molecule has 2 aromatic heterocycles. The fourth-order valence-corrected chi connectivity index (χ4v) is 2.48. The molecule has 0 spiro atoms. The molecule has 0 unspecified atom stereocenters. The highest BCUT2D eigenvalue weighted by Crippen LogP contribution is 2.23. The first-order valence-electron chi connectivity index (χ1n) is 4.86. The Hall–Kier alpha value is -1.94. The minimum atomic E-state index is 0.729. The van der Waals surface area contributed by atoms with Crippen LogP contribution in [-0.4, -0.2) is 15.8 Å². The van der Waals surface area contributed by atoms with Crippen molar-refractivity contribution in [1.82, 2.24) is 9.55 Å². The zero-order valence-corrected chi connectivity index (χ0v) is 9.15. The molecular formula is C12H8N2OS. The number of carbonyl (C=O) groups excluding carboxylic acids is 1. The van der Waals surface area contributed by atoms with Crippen LogP contribution in [0.15, 0.2) is 42.7 Å². The van der Waals surface area contributed by atoms with Crippen molar-refractivity contribution in [3.8, 4) is 5.00 Å². The van der Waals surface area contributed by atoms with E-state index in [4.69, 9.17) is 0 Å². The number of fused-ring (bicyclic) bond motifs is 1. The van der Waals surface area contributed by atoms with Crippen molar-refractivity contribution in [2.75, 3.05) is 0 Å². The van der Waals surface area contributed by atoms with Crippen molar-refractivity contribution in [3.05, 3.63) is 47.6 Å². The first kappa shape index (κ1) is 9.30. The predicted octanol–water partition coefficient (Wildman–Crippen LogP) is 2.90. The van der Waals surface area contributed by atoms with Crippen LogP contribution >= 0.6 is 11.3 Å². The Bertz CT molecular complexity index is 654. The zero-order valence-electron chi connectivity index (χ0n) is 8.33. The van der Waals surface area contributed by atoms with E-state index < -0.39 is 0 Å². The lowest BCUT2D eigenvalue weighted by Gasteiger charge is -1.98. The third kappa shape index (κ3) is 1.35. The minimum Gasteiger partial charge on any atom is -0.297 e. The van der Waals surface area contributed by atoms with E-state index in [1.807, 2.05) is 41.0 Å². The number of rotatable bonds is 2. The molecule has 0 aliphatic heterocycles. The quantitative estimate of drug-likeness (QED) is 0.632.